The zero-order valence-corrected chi connectivity index (χ0v) is 9.50. The summed E-state index contributed by atoms with van der Waals surface area (Å²) in [6, 6.07) is 18.1. The van der Waals surface area contributed by atoms with Gasteiger partial charge in [0.25, 0.3) is 0 Å². The fourth-order valence-electron chi connectivity index (χ4n) is 1.59. The molecule has 2 aromatic rings. The first-order chi connectivity index (χ1) is 7.77. The van der Waals surface area contributed by atoms with Crippen LogP contribution in [0.2, 0.25) is 0 Å². The highest BCUT2D eigenvalue weighted by molar-refractivity contribution is 7.80. The molecule has 2 rings (SSSR count). The van der Waals surface area contributed by atoms with E-state index in [4.69, 9.17) is 18.0 Å². The smallest absolute Gasteiger partial charge is 0.168 e. The zero-order valence-electron chi connectivity index (χ0n) is 8.68. The van der Waals surface area contributed by atoms with Crippen molar-refractivity contribution in [1.82, 2.24) is 0 Å². The number of anilines is 1. The summed E-state index contributed by atoms with van der Waals surface area (Å²) in [5, 5.41) is 3.26. The minimum absolute atomic E-state index is 0.281. The number of nitrogens with two attached hydrogens (primary N) is 1. The van der Waals surface area contributed by atoms with Crippen LogP contribution in [0.1, 0.15) is 0 Å². The summed E-state index contributed by atoms with van der Waals surface area (Å²) in [7, 11) is 0. The summed E-state index contributed by atoms with van der Waals surface area (Å²) < 4.78 is 0. The molecule has 0 amide bonds. The Labute approximate surface area is 100 Å². The molecule has 0 atom stereocenters. The Morgan fingerprint density at radius 3 is 2.25 bits per heavy atom. The molecule has 3 heteroatoms. The topological polar surface area (TPSA) is 38.0 Å². The van der Waals surface area contributed by atoms with Gasteiger partial charge >= 0.3 is 0 Å². The van der Waals surface area contributed by atoms with Crippen LogP contribution in [0.5, 0.6) is 0 Å². The number of thiocarbonyl (C=S) groups is 1. The summed E-state index contributed by atoms with van der Waals surface area (Å²) in [5.74, 6) is 0. The van der Waals surface area contributed by atoms with E-state index in [9.17, 15) is 0 Å². The van der Waals surface area contributed by atoms with Crippen molar-refractivity contribution in [3.63, 3.8) is 0 Å². The summed E-state index contributed by atoms with van der Waals surface area (Å²) in [6.07, 6.45) is 0. The van der Waals surface area contributed by atoms with Gasteiger partial charge in [0.15, 0.2) is 5.11 Å². The van der Waals surface area contributed by atoms with E-state index < -0.39 is 0 Å². The summed E-state index contributed by atoms with van der Waals surface area (Å²) in [4.78, 5) is 0. The van der Waals surface area contributed by atoms with Crippen LogP contribution in [0.4, 0.5) is 5.69 Å². The minimum Gasteiger partial charge on any atom is -0.376 e. The molecule has 2 aromatic carbocycles. The zero-order chi connectivity index (χ0) is 11.4. The molecule has 0 heterocycles. The van der Waals surface area contributed by atoms with Gasteiger partial charge in [-0.25, -0.2) is 0 Å². The van der Waals surface area contributed by atoms with E-state index in [1.807, 2.05) is 42.5 Å². The first-order valence-corrected chi connectivity index (χ1v) is 5.39. The van der Waals surface area contributed by atoms with Gasteiger partial charge in [0.2, 0.25) is 0 Å². The Hall–Kier alpha value is -1.87. The standard InChI is InChI=1S/C13H12N2S/c14-13(16)15-12-9-5-4-8-11(12)10-6-2-1-3-7-10/h1-9H,(H3,14,15,16). The molecule has 0 fully saturated rings. The van der Waals surface area contributed by atoms with Crippen LogP contribution in [0.3, 0.4) is 0 Å². The second-order valence-corrected chi connectivity index (χ2v) is 3.84. The lowest BCUT2D eigenvalue weighted by molar-refractivity contribution is 1.57. The van der Waals surface area contributed by atoms with Crippen molar-refractivity contribution in [3.05, 3.63) is 54.6 Å². The molecule has 3 N–H and O–H groups in total. The van der Waals surface area contributed by atoms with E-state index in [-0.39, 0.29) is 5.11 Å². The predicted octanol–water partition coefficient (Wildman–Crippen LogP) is 3.01. The highest BCUT2D eigenvalue weighted by Crippen LogP contribution is 2.27. The van der Waals surface area contributed by atoms with Crippen LogP contribution >= 0.6 is 12.2 Å². The van der Waals surface area contributed by atoms with Gasteiger partial charge in [0.1, 0.15) is 0 Å². The van der Waals surface area contributed by atoms with Crippen molar-refractivity contribution in [3.8, 4) is 11.1 Å². The van der Waals surface area contributed by atoms with Crippen LogP contribution in [-0.4, -0.2) is 5.11 Å². The molecule has 0 saturated heterocycles. The van der Waals surface area contributed by atoms with Crippen molar-refractivity contribution in [1.29, 1.82) is 0 Å². The van der Waals surface area contributed by atoms with Crippen molar-refractivity contribution in [2.75, 3.05) is 5.32 Å². The van der Waals surface area contributed by atoms with E-state index in [1.165, 1.54) is 0 Å². The lowest BCUT2D eigenvalue weighted by atomic mass is 10.0. The average molecular weight is 228 g/mol. The van der Waals surface area contributed by atoms with Gasteiger partial charge in [0.05, 0.1) is 0 Å². The van der Waals surface area contributed by atoms with E-state index in [0.717, 1.165) is 16.8 Å². The molecule has 0 unspecified atom stereocenters. The summed E-state index contributed by atoms with van der Waals surface area (Å²) in [6.45, 7) is 0. The SMILES string of the molecule is NC(=S)Nc1ccccc1-c1ccccc1. The summed E-state index contributed by atoms with van der Waals surface area (Å²) >= 11 is 4.85. The lowest BCUT2D eigenvalue weighted by Gasteiger charge is -2.10. The van der Waals surface area contributed by atoms with Crippen molar-refractivity contribution < 1.29 is 0 Å². The van der Waals surface area contributed by atoms with Gasteiger partial charge < -0.3 is 11.1 Å². The molecule has 0 spiro atoms. The van der Waals surface area contributed by atoms with Gasteiger partial charge in [-0.1, -0.05) is 48.5 Å². The van der Waals surface area contributed by atoms with Gasteiger partial charge in [0, 0.05) is 11.3 Å². The molecular formula is C13H12N2S. The molecule has 0 aliphatic heterocycles. The third-order valence-electron chi connectivity index (χ3n) is 2.27. The van der Waals surface area contributed by atoms with Crippen molar-refractivity contribution in [2.45, 2.75) is 0 Å². The number of benzene rings is 2. The third kappa shape index (κ3) is 2.38. The average Bonchev–Trinajstić information content (AvgIpc) is 2.30. The maximum Gasteiger partial charge on any atom is 0.168 e. The van der Waals surface area contributed by atoms with Gasteiger partial charge in [-0.15, -0.1) is 0 Å². The molecule has 0 aliphatic rings. The van der Waals surface area contributed by atoms with Crippen LogP contribution < -0.4 is 11.1 Å². The van der Waals surface area contributed by atoms with Crippen molar-refractivity contribution in [2.24, 2.45) is 5.73 Å². The first kappa shape index (κ1) is 10.6. The number of nitrogens with one attached hydrogen (secondary N) is 1. The predicted molar refractivity (Wildman–Crippen MR) is 72.3 cm³/mol. The first-order valence-electron chi connectivity index (χ1n) is 4.98. The van der Waals surface area contributed by atoms with Crippen LogP contribution in [0.25, 0.3) is 11.1 Å². The molecule has 0 radical (unpaired) electrons. The number of hydrogen-bond acceptors (Lipinski definition) is 1. The highest BCUT2D eigenvalue weighted by Gasteiger charge is 2.03. The van der Waals surface area contributed by atoms with Gasteiger partial charge in [-0.3, -0.25) is 0 Å². The molecule has 16 heavy (non-hydrogen) atoms. The maximum absolute atomic E-state index is 5.49. The highest BCUT2D eigenvalue weighted by atomic mass is 32.1. The fourth-order valence-corrected chi connectivity index (χ4v) is 1.70. The molecule has 2 nitrogen and oxygen atoms in total. The van der Waals surface area contributed by atoms with Gasteiger partial charge in [-0.05, 0) is 23.8 Å². The van der Waals surface area contributed by atoms with E-state index in [0.29, 0.717) is 0 Å². The molecule has 0 saturated carbocycles. The number of hydrogen-bond donors (Lipinski definition) is 2. The van der Waals surface area contributed by atoms with Crippen LogP contribution in [0.15, 0.2) is 54.6 Å². The van der Waals surface area contributed by atoms with E-state index in [2.05, 4.69) is 17.4 Å². The Bertz CT molecular complexity index is 494. The van der Waals surface area contributed by atoms with E-state index in [1.54, 1.807) is 0 Å². The Kier molecular flexibility index (Phi) is 3.17. The van der Waals surface area contributed by atoms with Crippen molar-refractivity contribution >= 4 is 23.0 Å². The van der Waals surface area contributed by atoms with Crippen LogP contribution in [0, 0.1) is 0 Å². The Morgan fingerprint density at radius 2 is 1.56 bits per heavy atom. The summed E-state index contributed by atoms with van der Waals surface area (Å²) in [5.41, 5.74) is 8.66. The van der Waals surface area contributed by atoms with Crippen LogP contribution in [-0.2, 0) is 0 Å². The van der Waals surface area contributed by atoms with E-state index >= 15 is 0 Å². The molecule has 0 bridgehead atoms. The monoisotopic (exact) mass is 228 g/mol. The molecule has 80 valence electrons. The second-order valence-electron chi connectivity index (χ2n) is 3.40. The fraction of sp³-hybridized carbons (Fsp3) is 0. The normalized spacial score (nSPS) is 9.75. The lowest BCUT2D eigenvalue weighted by Crippen LogP contribution is -2.19. The maximum atomic E-state index is 5.49. The van der Waals surface area contributed by atoms with Gasteiger partial charge in [-0.2, -0.15) is 0 Å². The Morgan fingerprint density at radius 1 is 0.938 bits per heavy atom. The number of para-hydroxylation sites is 1. The Balaban J connectivity index is 2.44. The number of rotatable bonds is 2. The second kappa shape index (κ2) is 4.77. The molecular weight excluding hydrogens is 216 g/mol. The quantitative estimate of drug-likeness (QED) is 0.776. The minimum atomic E-state index is 0.281. The molecule has 0 aliphatic carbocycles. The third-order valence-corrected chi connectivity index (χ3v) is 2.37. The largest absolute Gasteiger partial charge is 0.376 e. The molecule has 0 aromatic heterocycles.